The minimum Gasteiger partial charge on any atom is -0.491 e. The number of alkyl halides is 2. The topological polar surface area (TPSA) is 105 Å². The van der Waals surface area contributed by atoms with Crippen LogP contribution in [0.4, 0.5) is 20.3 Å². The van der Waals surface area contributed by atoms with E-state index in [4.69, 9.17) is 10.5 Å². The van der Waals surface area contributed by atoms with Crippen LogP contribution in [0.3, 0.4) is 0 Å². The number of rotatable bonds is 4. The normalized spacial score (nSPS) is 20.7. The number of halogens is 2. The zero-order chi connectivity index (χ0) is 24.7. The zero-order valence-corrected chi connectivity index (χ0v) is 20.4. The number of pyridine rings is 2. The molecule has 8 nitrogen and oxygen atoms in total. The number of carbonyl (C=O) groups is 1. The first kappa shape index (κ1) is 23.7. The van der Waals surface area contributed by atoms with E-state index in [9.17, 15) is 13.6 Å². The summed E-state index contributed by atoms with van der Waals surface area (Å²) in [5.41, 5.74) is 8.38. The van der Waals surface area contributed by atoms with Gasteiger partial charge in [0.05, 0.1) is 17.6 Å². The summed E-state index contributed by atoms with van der Waals surface area (Å²) in [6, 6.07) is 5.32. The summed E-state index contributed by atoms with van der Waals surface area (Å²) in [6.45, 7) is 4.83. The van der Waals surface area contributed by atoms with Crippen molar-refractivity contribution in [3.8, 4) is 5.75 Å². The number of fused-ring (bicyclic) bond motifs is 2. The van der Waals surface area contributed by atoms with E-state index in [0.717, 1.165) is 28.4 Å². The average Bonchev–Trinajstić information content (AvgIpc) is 2.98. The lowest BCUT2D eigenvalue weighted by atomic mass is 10.0. The molecule has 3 aromatic rings. The van der Waals surface area contributed by atoms with Crippen LogP contribution in [0.2, 0.25) is 0 Å². The lowest BCUT2D eigenvalue weighted by Crippen LogP contribution is -2.43. The van der Waals surface area contributed by atoms with Gasteiger partial charge in [-0.25, -0.2) is 18.7 Å². The SMILES string of the molecule is Cc1ccc2c(N)c(C(=O)N[C@H]3COc4cc(N5CCNCC(C(C)(F)F)C5)ncc4C3)sc2n1. The standard InChI is InChI=1S/C24H28F2N6O2S/c1-13-3-4-17-20(27)21(35-23(17)30-13)22(33)31-16-7-14-9-29-19(8-18(14)34-12-16)32-6-5-28-10-15(11-32)24(2,25)26/h3-4,8-9,15-16,28H,5-7,10-12,27H2,1-2H3,(H,31,33)/t15?,16-/m1/s1. The number of ether oxygens (including phenoxy) is 1. The molecule has 5 rings (SSSR count). The molecule has 0 aromatic carbocycles. The number of nitrogen functional groups attached to an aromatic ring is 1. The molecule has 2 aliphatic heterocycles. The Bertz CT molecular complexity index is 1260. The van der Waals surface area contributed by atoms with Crippen molar-refractivity contribution in [2.24, 2.45) is 5.92 Å². The second-order valence-corrected chi connectivity index (χ2v) is 10.3. The maximum Gasteiger partial charge on any atom is 0.263 e. The maximum absolute atomic E-state index is 14.0. The average molecular weight is 503 g/mol. The molecule has 0 bridgehead atoms. The molecule has 2 atom stereocenters. The van der Waals surface area contributed by atoms with Crippen molar-refractivity contribution in [1.29, 1.82) is 0 Å². The minimum absolute atomic E-state index is 0.214. The predicted molar refractivity (Wildman–Crippen MR) is 133 cm³/mol. The van der Waals surface area contributed by atoms with Gasteiger partial charge in [-0.3, -0.25) is 4.79 Å². The van der Waals surface area contributed by atoms with Crippen LogP contribution in [0.1, 0.15) is 27.9 Å². The van der Waals surface area contributed by atoms with Gasteiger partial charge in [-0.2, -0.15) is 0 Å². The Hall–Kier alpha value is -3.05. The van der Waals surface area contributed by atoms with Crippen LogP contribution in [0.5, 0.6) is 5.75 Å². The first-order chi connectivity index (χ1) is 16.7. The molecule has 35 heavy (non-hydrogen) atoms. The van der Waals surface area contributed by atoms with E-state index >= 15 is 0 Å². The maximum atomic E-state index is 14.0. The molecule has 1 unspecified atom stereocenters. The first-order valence-electron chi connectivity index (χ1n) is 11.6. The number of nitrogens with zero attached hydrogens (tertiary/aromatic N) is 3. The number of hydrogen-bond acceptors (Lipinski definition) is 8. The molecule has 0 aliphatic carbocycles. The number of aryl methyl sites for hydroxylation is 1. The molecule has 1 amide bonds. The molecule has 4 N–H and O–H groups in total. The largest absolute Gasteiger partial charge is 0.491 e. The Morgan fingerprint density at radius 1 is 1.40 bits per heavy atom. The molecule has 2 aliphatic rings. The van der Waals surface area contributed by atoms with Gasteiger partial charge in [0, 0.05) is 61.5 Å². The fourth-order valence-electron chi connectivity index (χ4n) is 4.49. The van der Waals surface area contributed by atoms with Crippen molar-refractivity contribution in [3.63, 3.8) is 0 Å². The first-order valence-corrected chi connectivity index (χ1v) is 12.4. The molecule has 0 spiro atoms. The second kappa shape index (κ2) is 9.19. The summed E-state index contributed by atoms with van der Waals surface area (Å²) in [7, 11) is 0. The summed E-state index contributed by atoms with van der Waals surface area (Å²) in [5.74, 6) is -2.56. The van der Waals surface area contributed by atoms with Gasteiger partial charge < -0.3 is 26.0 Å². The van der Waals surface area contributed by atoms with Crippen molar-refractivity contribution >= 4 is 39.0 Å². The fourth-order valence-corrected chi connectivity index (χ4v) is 5.53. The number of nitrogens with two attached hydrogens (primary N) is 1. The molecule has 1 fully saturated rings. The van der Waals surface area contributed by atoms with Crippen LogP contribution in [0.25, 0.3) is 10.2 Å². The minimum atomic E-state index is -2.78. The number of amides is 1. The highest BCUT2D eigenvalue weighted by molar-refractivity contribution is 7.21. The van der Waals surface area contributed by atoms with Gasteiger partial charge in [0.2, 0.25) is 0 Å². The highest BCUT2D eigenvalue weighted by Gasteiger charge is 2.36. The van der Waals surface area contributed by atoms with Gasteiger partial charge >= 0.3 is 0 Å². The Labute approximate surface area is 205 Å². The molecule has 186 valence electrons. The number of nitrogens with one attached hydrogen (secondary N) is 2. The van der Waals surface area contributed by atoms with E-state index in [0.29, 0.717) is 48.2 Å². The van der Waals surface area contributed by atoms with Gasteiger partial charge in [0.1, 0.15) is 27.9 Å². The lowest BCUT2D eigenvalue weighted by Gasteiger charge is -2.30. The number of carbonyl (C=O) groups excluding carboxylic acids is 1. The molecular formula is C24H28F2N6O2S. The zero-order valence-electron chi connectivity index (χ0n) is 19.6. The summed E-state index contributed by atoms with van der Waals surface area (Å²) < 4.78 is 33.9. The molecular weight excluding hydrogens is 474 g/mol. The Kier molecular flexibility index (Phi) is 6.22. The third kappa shape index (κ3) is 4.87. The van der Waals surface area contributed by atoms with Crippen LogP contribution < -0.4 is 26.0 Å². The third-order valence-corrected chi connectivity index (χ3v) is 7.66. The number of anilines is 2. The number of hydrogen-bond donors (Lipinski definition) is 3. The Morgan fingerprint density at radius 2 is 2.23 bits per heavy atom. The van der Waals surface area contributed by atoms with E-state index < -0.39 is 11.8 Å². The lowest BCUT2D eigenvalue weighted by molar-refractivity contribution is -0.0339. The fraction of sp³-hybridized carbons (Fsp3) is 0.458. The van der Waals surface area contributed by atoms with Crippen LogP contribution in [-0.2, 0) is 6.42 Å². The summed E-state index contributed by atoms with van der Waals surface area (Å²) in [6.07, 6.45) is 2.26. The van der Waals surface area contributed by atoms with Crippen LogP contribution in [0, 0.1) is 12.8 Å². The van der Waals surface area contributed by atoms with Gasteiger partial charge in [-0.15, -0.1) is 11.3 Å². The van der Waals surface area contributed by atoms with Gasteiger partial charge in [0.15, 0.2) is 0 Å². The van der Waals surface area contributed by atoms with E-state index in [2.05, 4.69) is 20.6 Å². The summed E-state index contributed by atoms with van der Waals surface area (Å²) in [5, 5.41) is 6.87. The van der Waals surface area contributed by atoms with Crippen LogP contribution >= 0.6 is 11.3 Å². The van der Waals surface area contributed by atoms with E-state index in [1.54, 1.807) is 6.20 Å². The quantitative estimate of drug-likeness (QED) is 0.504. The van der Waals surface area contributed by atoms with Crippen molar-refractivity contribution in [3.05, 3.63) is 40.5 Å². The second-order valence-electron chi connectivity index (χ2n) is 9.29. The number of aromatic nitrogens is 2. The molecule has 11 heteroatoms. The smallest absolute Gasteiger partial charge is 0.263 e. The van der Waals surface area contributed by atoms with Crippen LogP contribution in [0.15, 0.2) is 24.4 Å². The van der Waals surface area contributed by atoms with Crippen LogP contribution in [-0.4, -0.2) is 60.6 Å². The highest BCUT2D eigenvalue weighted by atomic mass is 32.1. The molecule has 1 saturated heterocycles. The van der Waals surface area contributed by atoms with E-state index in [1.807, 2.05) is 30.0 Å². The molecule has 5 heterocycles. The van der Waals surface area contributed by atoms with Crippen molar-refractivity contribution < 1.29 is 18.3 Å². The van der Waals surface area contributed by atoms with Gasteiger partial charge in [-0.05, 0) is 26.0 Å². The van der Waals surface area contributed by atoms with E-state index in [1.165, 1.54) is 11.3 Å². The van der Waals surface area contributed by atoms with Crippen molar-refractivity contribution in [2.75, 3.05) is 43.4 Å². The highest BCUT2D eigenvalue weighted by Crippen LogP contribution is 2.34. The molecule has 0 radical (unpaired) electrons. The molecule has 0 saturated carbocycles. The van der Waals surface area contributed by atoms with E-state index in [-0.39, 0.29) is 25.0 Å². The Morgan fingerprint density at radius 3 is 3.03 bits per heavy atom. The van der Waals surface area contributed by atoms with Gasteiger partial charge in [-0.1, -0.05) is 0 Å². The monoisotopic (exact) mass is 502 g/mol. The van der Waals surface area contributed by atoms with Gasteiger partial charge in [0.25, 0.3) is 11.8 Å². The third-order valence-electron chi connectivity index (χ3n) is 6.54. The molecule has 3 aromatic heterocycles. The summed E-state index contributed by atoms with van der Waals surface area (Å²) in [4.78, 5) is 25.0. The number of thiophene rings is 1. The Balaban J connectivity index is 1.28. The predicted octanol–water partition coefficient (Wildman–Crippen LogP) is 3.00. The van der Waals surface area contributed by atoms with Crippen molar-refractivity contribution in [1.82, 2.24) is 20.6 Å². The summed E-state index contributed by atoms with van der Waals surface area (Å²) >= 11 is 1.28. The van der Waals surface area contributed by atoms with Crippen molar-refractivity contribution in [2.45, 2.75) is 32.2 Å².